The monoisotopic (exact) mass is 331 g/mol. The highest BCUT2D eigenvalue weighted by Crippen LogP contribution is 2.18. The number of furan rings is 1. The van der Waals surface area contributed by atoms with Crippen LogP contribution in [-0.4, -0.2) is 27.2 Å². The minimum Gasteiger partial charge on any atom is -0.481 e. The molecule has 2 heterocycles. The number of anilines is 1. The summed E-state index contributed by atoms with van der Waals surface area (Å²) >= 11 is 4.08. The summed E-state index contributed by atoms with van der Waals surface area (Å²) in [7, 11) is 0. The molecule has 0 fully saturated rings. The van der Waals surface area contributed by atoms with Gasteiger partial charge in [0.1, 0.15) is 5.01 Å². The maximum Gasteiger partial charge on any atom is 0.310 e. The summed E-state index contributed by atoms with van der Waals surface area (Å²) in [5.74, 6) is -1.35. The predicted octanol–water partition coefficient (Wildman–Crippen LogP) is 1.77. The molecule has 18 heavy (non-hydrogen) atoms. The first-order valence-corrected chi connectivity index (χ1v) is 6.26. The number of aromatic nitrogens is 2. The highest BCUT2D eigenvalue weighted by Gasteiger charge is 2.14. The highest BCUT2D eigenvalue weighted by molar-refractivity contribution is 9.10. The van der Waals surface area contributed by atoms with Crippen LogP contribution in [0.15, 0.2) is 21.2 Å². The summed E-state index contributed by atoms with van der Waals surface area (Å²) in [5.41, 5.74) is 0. The van der Waals surface area contributed by atoms with Crippen molar-refractivity contribution in [1.29, 1.82) is 0 Å². The number of hydrogen-bond donors (Lipinski definition) is 2. The average Bonchev–Trinajstić information content (AvgIpc) is 2.87. The second kappa shape index (κ2) is 5.27. The van der Waals surface area contributed by atoms with Gasteiger partial charge in [-0.2, -0.15) is 0 Å². The third-order valence-electron chi connectivity index (χ3n) is 1.79. The van der Waals surface area contributed by atoms with Crippen molar-refractivity contribution in [3.8, 4) is 0 Å². The third kappa shape index (κ3) is 3.14. The van der Waals surface area contributed by atoms with Gasteiger partial charge in [-0.3, -0.25) is 14.9 Å². The Morgan fingerprint density at radius 2 is 2.22 bits per heavy atom. The van der Waals surface area contributed by atoms with Crippen LogP contribution in [0.1, 0.15) is 15.6 Å². The number of halogens is 1. The molecule has 2 N–H and O–H groups in total. The molecule has 9 heteroatoms. The summed E-state index contributed by atoms with van der Waals surface area (Å²) in [6, 6.07) is 3.09. The van der Waals surface area contributed by atoms with E-state index >= 15 is 0 Å². The Hall–Kier alpha value is -1.74. The van der Waals surface area contributed by atoms with E-state index in [1.165, 1.54) is 6.07 Å². The molecular weight excluding hydrogens is 326 g/mol. The van der Waals surface area contributed by atoms with Crippen LogP contribution in [0.3, 0.4) is 0 Å². The fourth-order valence-corrected chi connectivity index (χ4v) is 2.13. The first-order valence-electron chi connectivity index (χ1n) is 4.65. The second-order valence-electron chi connectivity index (χ2n) is 3.13. The van der Waals surface area contributed by atoms with Crippen molar-refractivity contribution < 1.29 is 19.1 Å². The number of aliphatic carboxylic acids is 1. The third-order valence-corrected chi connectivity index (χ3v) is 3.05. The van der Waals surface area contributed by atoms with Crippen molar-refractivity contribution in [1.82, 2.24) is 10.2 Å². The maximum absolute atomic E-state index is 11.7. The number of carbonyl (C=O) groups excluding carboxylic acids is 1. The standard InChI is InChI=1S/C9H6BrN3O4S/c10-5-2-1-4(17-5)8(16)11-9-13-12-6(18-9)3-7(14)15/h1-2H,3H2,(H,14,15)(H,11,13,16). The van der Waals surface area contributed by atoms with Crippen molar-refractivity contribution in [2.24, 2.45) is 0 Å². The first-order chi connectivity index (χ1) is 8.54. The molecule has 0 atom stereocenters. The smallest absolute Gasteiger partial charge is 0.310 e. The summed E-state index contributed by atoms with van der Waals surface area (Å²) in [4.78, 5) is 22.1. The SMILES string of the molecule is O=C(O)Cc1nnc(NC(=O)c2ccc(Br)o2)s1. The van der Waals surface area contributed by atoms with Crippen LogP contribution < -0.4 is 5.32 Å². The highest BCUT2D eigenvalue weighted by atomic mass is 79.9. The maximum atomic E-state index is 11.7. The zero-order valence-electron chi connectivity index (χ0n) is 8.71. The van der Waals surface area contributed by atoms with Crippen molar-refractivity contribution in [3.05, 3.63) is 27.6 Å². The van der Waals surface area contributed by atoms with Crippen molar-refractivity contribution in [2.75, 3.05) is 5.32 Å². The van der Waals surface area contributed by atoms with Gasteiger partial charge in [-0.15, -0.1) is 10.2 Å². The van der Waals surface area contributed by atoms with Crippen LogP contribution in [0, 0.1) is 0 Å². The van der Waals surface area contributed by atoms with Gasteiger partial charge in [-0.05, 0) is 28.1 Å². The number of nitrogens with one attached hydrogen (secondary N) is 1. The van der Waals surface area contributed by atoms with E-state index < -0.39 is 11.9 Å². The van der Waals surface area contributed by atoms with E-state index in [1.54, 1.807) is 6.07 Å². The van der Waals surface area contributed by atoms with Gasteiger partial charge >= 0.3 is 5.97 Å². The van der Waals surface area contributed by atoms with Crippen molar-refractivity contribution in [2.45, 2.75) is 6.42 Å². The summed E-state index contributed by atoms with van der Waals surface area (Å²) in [5, 5.41) is 18.9. The van der Waals surface area contributed by atoms with Crippen LogP contribution in [0.2, 0.25) is 0 Å². The number of nitrogens with zero attached hydrogens (tertiary/aromatic N) is 2. The Balaban J connectivity index is 2.03. The van der Waals surface area contributed by atoms with Crippen LogP contribution in [0.4, 0.5) is 5.13 Å². The largest absolute Gasteiger partial charge is 0.481 e. The molecule has 2 aromatic heterocycles. The lowest BCUT2D eigenvalue weighted by molar-refractivity contribution is -0.136. The Labute approximate surface area is 113 Å². The molecule has 94 valence electrons. The Morgan fingerprint density at radius 3 is 2.83 bits per heavy atom. The lowest BCUT2D eigenvalue weighted by Gasteiger charge is -1.95. The summed E-state index contributed by atoms with van der Waals surface area (Å²) < 4.78 is 5.50. The molecular formula is C9H6BrN3O4S. The Kier molecular flexibility index (Phi) is 3.72. The van der Waals surface area contributed by atoms with E-state index in [1.807, 2.05) is 0 Å². The molecule has 2 rings (SSSR count). The van der Waals surface area contributed by atoms with E-state index in [-0.39, 0.29) is 17.3 Å². The molecule has 0 aliphatic rings. The lowest BCUT2D eigenvalue weighted by Crippen LogP contribution is -2.10. The summed E-state index contributed by atoms with van der Waals surface area (Å²) in [6.45, 7) is 0. The van der Waals surface area contributed by atoms with E-state index in [2.05, 4.69) is 31.4 Å². The van der Waals surface area contributed by atoms with E-state index in [0.29, 0.717) is 9.68 Å². The molecule has 1 amide bonds. The van der Waals surface area contributed by atoms with Gasteiger partial charge in [0.15, 0.2) is 10.4 Å². The molecule has 0 aliphatic carbocycles. The Morgan fingerprint density at radius 1 is 1.44 bits per heavy atom. The molecule has 7 nitrogen and oxygen atoms in total. The summed E-state index contributed by atoms with van der Waals surface area (Å²) in [6.07, 6.45) is -0.222. The number of rotatable bonds is 4. The fourth-order valence-electron chi connectivity index (χ4n) is 1.10. The molecule has 0 saturated carbocycles. The lowest BCUT2D eigenvalue weighted by atomic mass is 10.4. The zero-order valence-corrected chi connectivity index (χ0v) is 11.1. The number of carboxylic acid groups (broad SMARTS) is 1. The van der Waals surface area contributed by atoms with Crippen molar-refractivity contribution >= 4 is 44.3 Å². The minimum absolute atomic E-state index is 0.122. The fraction of sp³-hybridized carbons (Fsp3) is 0.111. The van der Waals surface area contributed by atoms with Crippen LogP contribution >= 0.6 is 27.3 Å². The number of hydrogen-bond acceptors (Lipinski definition) is 6. The molecule has 0 spiro atoms. The normalized spacial score (nSPS) is 10.3. The number of carboxylic acids is 1. The number of carbonyl (C=O) groups is 2. The van der Waals surface area contributed by atoms with Gasteiger partial charge in [-0.1, -0.05) is 11.3 Å². The molecule has 0 radical (unpaired) electrons. The quantitative estimate of drug-likeness (QED) is 0.884. The van der Waals surface area contributed by atoms with E-state index in [0.717, 1.165) is 11.3 Å². The van der Waals surface area contributed by atoms with E-state index in [9.17, 15) is 9.59 Å². The second-order valence-corrected chi connectivity index (χ2v) is 4.97. The van der Waals surface area contributed by atoms with E-state index in [4.69, 9.17) is 9.52 Å². The first kappa shape index (κ1) is 12.7. The van der Waals surface area contributed by atoms with Gasteiger partial charge in [-0.25, -0.2) is 0 Å². The van der Waals surface area contributed by atoms with Crippen LogP contribution in [-0.2, 0) is 11.2 Å². The van der Waals surface area contributed by atoms with Crippen LogP contribution in [0.25, 0.3) is 0 Å². The number of amides is 1. The molecule has 0 aliphatic heterocycles. The van der Waals surface area contributed by atoms with Crippen molar-refractivity contribution in [3.63, 3.8) is 0 Å². The van der Waals surface area contributed by atoms with Gasteiger partial charge in [0.2, 0.25) is 5.13 Å². The van der Waals surface area contributed by atoms with Gasteiger partial charge in [0, 0.05) is 0 Å². The predicted molar refractivity (Wildman–Crippen MR) is 65.6 cm³/mol. The molecule has 0 aromatic carbocycles. The zero-order chi connectivity index (χ0) is 13.1. The van der Waals surface area contributed by atoms with Crippen LogP contribution in [0.5, 0.6) is 0 Å². The average molecular weight is 332 g/mol. The Bertz CT molecular complexity index is 594. The molecule has 2 aromatic rings. The molecule has 0 saturated heterocycles. The van der Waals surface area contributed by atoms with Gasteiger partial charge in [0.25, 0.3) is 5.91 Å². The topological polar surface area (TPSA) is 105 Å². The minimum atomic E-state index is -1.00. The molecule has 0 bridgehead atoms. The molecule has 0 unspecified atom stereocenters. The van der Waals surface area contributed by atoms with Gasteiger partial charge in [0.05, 0.1) is 6.42 Å². The van der Waals surface area contributed by atoms with Gasteiger partial charge < -0.3 is 9.52 Å².